The highest BCUT2D eigenvalue weighted by Gasteiger charge is 2.40. The second-order valence-corrected chi connectivity index (χ2v) is 9.87. The molecule has 2 aromatic heterocycles. The van der Waals surface area contributed by atoms with Gasteiger partial charge >= 0.3 is 11.8 Å². The van der Waals surface area contributed by atoms with Crippen LogP contribution in [-0.2, 0) is 0 Å². The number of aromatic amines is 1. The summed E-state index contributed by atoms with van der Waals surface area (Å²) in [6.07, 6.45) is -0.0752. The van der Waals surface area contributed by atoms with Crippen LogP contribution in [0.15, 0.2) is 19.4 Å². The molecule has 1 aliphatic rings. The first-order valence-electron chi connectivity index (χ1n) is 8.03. The molecule has 0 aromatic carbocycles. The zero-order chi connectivity index (χ0) is 18.5. The molecule has 1 amide bonds. The van der Waals surface area contributed by atoms with Crippen LogP contribution < -0.4 is 11.2 Å². The number of rotatable bonds is 1. The smallest absolute Gasteiger partial charge is 0.407 e. The van der Waals surface area contributed by atoms with Gasteiger partial charge in [0.15, 0.2) is 0 Å². The third-order valence-corrected chi connectivity index (χ3v) is 6.39. The average Bonchev–Trinajstić information content (AvgIpc) is 2.86. The number of aromatic nitrogens is 2. The first-order valence-corrected chi connectivity index (χ1v) is 9.64. The fraction of sp³-hybridized carbons (Fsp3) is 0.562. The predicted octanol–water partition coefficient (Wildman–Crippen LogP) is 3.24. The van der Waals surface area contributed by atoms with E-state index < -0.39 is 11.8 Å². The van der Waals surface area contributed by atoms with E-state index in [0.29, 0.717) is 29.6 Å². The van der Waals surface area contributed by atoms with E-state index >= 15 is 0 Å². The van der Waals surface area contributed by atoms with Crippen molar-refractivity contribution in [2.24, 2.45) is 5.41 Å². The summed E-state index contributed by atoms with van der Waals surface area (Å²) in [5.41, 5.74) is -0.512. The standard InChI is InChI=1S/C16H20BrN3O4S/c1-16(2,3)10-6-8(4-5-19(10)15(23)24)20-13(21)12-9(18-14(20)22)7-11(17)25-12/h7-8,10H,4-6H2,1-3H3,(H,18,22)(H,23,24). The van der Waals surface area contributed by atoms with Crippen LogP contribution in [0.5, 0.6) is 0 Å². The third-order valence-electron chi connectivity index (χ3n) is 4.76. The number of halogens is 1. The maximum Gasteiger partial charge on any atom is 0.407 e. The predicted molar refractivity (Wildman–Crippen MR) is 101 cm³/mol. The molecule has 2 unspecified atom stereocenters. The van der Waals surface area contributed by atoms with Crippen molar-refractivity contribution in [1.82, 2.24) is 14.5 Å². The van der Waals surface area contributed by atoms with E-state index in [0.717, 1.165) is 3.79 Å². The molecule has 2 N–H and O–H groups in total. The van der Waals surface area contributed by atoms with Crippen LogP contribution in [0.1, 0.15) is 39.7 Å². The molecule has 25 heavy (non-hydrogen) atoms. The zero-order valence-electron chi connectivity index (χ0n) is 14.2. The number of amides is 1. The normalized spacial score (nSPS) is 21.7. The molecule has 1 aliphatic heterocycles. The van der Waals surface area contributed by atoms with E-state index in [9.17, 15) is 19.5 Å². The number of likely N-dealkylation sites (tertiary alicyclic amines) is 1. The van der Waals surface area contributed by atoms with Gasteiger partial charge in [-0.25, -0.2) is 9.59 Å². The second-order valence-electron chi connectivity index (χ2n) is 7.43. The molecule has 0 spiro atoms. The lowest BCUT2D eigenvalue weighted by molar-refractivity contribution is 0.0417. The number of nitrogens with one attached hydrogen (secondary N) is 1. The first kappa shape index (κ1) is 18.2. The SMILES string of the molecule is CC(C)(C)C1CC(n2c(=O)[nH]c3cc(Br)sc3c2=O)CCN1C(=O)O. The number of piperidine rings is 1. The molecular formula is C16H20BrN3O4S. The van der Waals surface area contributed by atoms with E-state index in [2.05, 4.69) is 20.9 Å². The van der Waals surface area contributed by atoms with Gasteiger partial charge in [0.25, 0.3) is 5.56 Å². The molecule has 0 bridgehead atoms. The molecule has 3 heterocycles. The molecule has 136 valence electrons. The molecule has 7 nitrogen and oxygen atoms in total. The molecular weight excluding hydrogens is 410 g/mol. The van der Waals surface area contributed by atoms with Crippen LogP contribution in [0.25, 0.3) is 10.2 Å². The maximum absolute atomic E-state index is 12.8. The second kappa shape index (κ2) is 6.28. The minimum Gasteiger partial charge on any atom is -0.465 e. The van der Waals surface area contributed by atoms with Crippen LogP contribution in [0.2, 0.25) is 0 Å². The summed E-state index contributed by atoms with van der Waals surface area (Å²) in [5.74, 6) is 0. The van der Waals surface area contributed by atoms with Crippen molar-refractivity contribution < 1.29 is 9.90 Å². The lowest BCUT2D eigenvalue weighted by Crippen LogP contribution is -2.53. The largest absolute Gasteiger partial charge is 0.465 e. The van der Waals surface area contributed by atoms with Gasteiger partial charge in [0.1, 0.15) is 4.70 Å². The minimum absolute atomic E-state index is 0.263. The van der Waals surface area contributed by atoms with Crippen LogP contribution in [0.3, 0.4) is 0 Å². The zero-order valence-corrected chi connectivity index (χ0v) is 16.6. The minimum atomic E-state index is -0.961. The molecule has 3 rings (SSSR count). The molecule has 9 heteroatoms. The summed E-state index contributed by atoms with van der Waals surface area (Å²) < 4.78 is 2.55. The van der Waals surface area contributed by atoms with E-state index in [-0.39, 0.29) is 23.1 Å². The number of thiophene rings is 1. The molecule has 2 aromatic rings. The van der Waals surface area contributed by atoms with Gasteiger partial charge < -0.3 is 15.0 Å². The third kappa shape index (κ3) is 3.27. The number of hydrogen-bond acceptors (Lipinski definition) is 4. The Labute approximate surface area is 156 Å². The van der Waals surface area contributed by atoms with Crippen molar-refractivity contribution in [2.75, 3.05) is 6.54 Å². The number of fused-ring (bicyclic) bond motifs is 1. The molecule has 0 saturated carbocycles. The van der Waals surface area contributed by atoms with Crippen LogP contribution in [0, 0.1) is 5.41 Å². The number of hydrogen-bond donors (Lipinski definition) is 2. The first-order chi connectivity index (χ1) is 11.6. The summed E-state index contributed by atoms with van der Waals surface area (Å²) in [7, 11) is 0. The Morgan fingerprint density at radius 1 is 1.40 bits per heavy atom. The maximum atomic E-state index is 12.8. The van der Waals surface area contributed by atoms with Crippen LogP contribution in [-0.4, -0.2) is 38.2 Å². The van der Waals surface area contributed by atoms with Gasteiger partial charge in [-0.05, 0) is 40.3 Å². The van der Waals surface area contributed by atoms with Crippen LogP contribution in [0.4, 0.5) is 4.79 Å². The van der Waals surface area contributed by atoms with E-state index in [4.69, 9.17) is 0 Å². The summed E-state index contributed by atoms with van der Waals surface area (Å²) in [6, 6.07) is 1.14. The fourth-order valence-electron chi connectivity index (χ4n) is 3.55. The van der Waals surface area contributed by atoms with Crippen molar-refractivity contribution >= 4 is 43.6 Å². The van der Waals surface area contributed by atoms with Gasteiger partial charge in [-0.3, -0.25) is 9.36 Å². The lowest BCUT2D eigenvalue weighted by atomic mass is 9.79. The van der Waals surface area contributed by atoms with Crippen molar-refractivity contribution in [2.45, 2.75) is 45.7 Å². The fourth-order valence-corrected chi connectivity index (χ4v) is 5.04. The molecule has 2 atom stereocenters. The molecule has 0 radical (unpaired) electrons. The Morgan fingerprint density at radius 2 is 2.08 bits per heavy atom. The Kier molecular flexibility index (Phi) is 4.57. The van der Waals surface area contributed by atoms with E-state index in [1.54, 1.807) is 6.07 Å². The van der Waals surface area contributed by atoms with Gasteiger partial charge in [-0.2, -0.15) is 0 Å². The molecule has 1 saturated heterocycles. The van der Waals surface area contributed by atoms with Gasteiger partial charge in [0.05, 0.1) is 9.30 Å². The monoisotopic (exact) mass is 429 g/mol. The number of nitrogens with zero attached hydrogens (tertiary/aromatic N) is 2. The van der Waals surface area contributed by atoms with Crippen molar-refractivity contribution in [3.05, 3.63) is 30.7 Å². The number of carbonyl (C=O) groups is 1. The van der Waals surface area contributed by atoms with Gasteiger partial charge in [0, 0.05) is 18.6 Å². The van der Waals surface area contributed by atoms with Crippen molar-refractivity contribution in [3.63, 3.8) is 0 Å². The molecule has 1 fully saturated rings. The highest BCUT2D eigenvalue weighted by atomic mass is 79.9. The highest BCUT2D eigenvalue weighted by molar-refractivity contribution is 9.11. The number of H-pyrrole nitrogens is 1. The Bertz CT molecular complexity index is 939. The summed E-state index contributed by atoms with van der Waals surface area (Å²) in [5, 5.41) is 9.47. The Hall–Kier alpha value is -1.61. The molecule has 0 aliphatic carbocycles. The highest BCUT2D eigenvalue weighted by Crippen LogP contribution is 2.36. The quantitative estimate of drug-likeness (QED) is 0.726. The summed E-state index contributed by atoms with van der Waals surface area (Å²) in [6.45, 7) is 6.23. The summed E-state index contributed by atoms with van der Waals surface area (Å²) in [4.78, 5) is 41.1. The Morgan fingerprint density at radius 3 is 2.68 bits per heavy atom. The summed E-state index contributed by atoms with van der Waals surface area (Å²) >= 11 is 4.63. The lowest BCUT2D eigenvalue weighted by Gasteiger charge is -2.44. The van der Waals surface area contributed by atoms with Crippen LogP contribution >= 0.6 is 27.3 Å². The van der Waals surface area contributed by atoms with Crippen molar-refractivity contribution in [3.8, 4) is 0 Å². The van der Waals surface area contributed by atoms with E-state index in [1.165, 1.54) is 20.8 Å². The Balaban J connectivity index is 2.06. The number of carboxylic acid groups (broad SMARTS) is 1. The van der Waals surface area contributed by atoms with Crippen molar-refractivity contribution in [1.29, 1.82) is 0 Å². The van der Waals surface area contributed by atoms with Gasteiger partial charge in [-0.1, -0.05) is 20.8 Å². The van der Waals surface area contributed by atoms with E-state index in [1.807, 2.05) is 20.8 Å². The average molecular weight is 430 g/mol. The van der Waals surface area contributed by atoms with Gasteiger partial charge in [0.2, 0.25) is 0 Å². The van der Waals surface area contributed by atoms with Gasteiger partial charge in [-0.15, -0.1) is 11.3 Å². The topological polar surface area (TPSA) is 95.4 Å².